The molecule has 0 aliphatic rings. The summed E-state index contributed by atoms with van der Waals surface area (Å²) in [5, 5.41) is 23.9. The Labute approximate surface area is 154 Å². The van der Waals surface area contributed by atoms with E-state index in [1.54, 1.807) is 6.92 Å². The number of carboxylic acid groups (broad SMARTS) is 2. The van der Waals surface area contributed by atoms with Gasteiger partial charge < -0.3 is 25.1 Å². The fourth-order valence-corrected chi connectivity index (χ4v) is 1.26. The van der Waals surface area contributed by atoms with Crippen molar-refractivity contribution in [3.05, 3.63) is 29.3 Å². The molecule has 1 aromatic rings. The Bertz CT molecular complexity index is 447. The van der Waals surface area contributed by atoms with E-state index in [4.69, 9.17) is 12.2 Å². The molecule has 1 N–H and O–H groups in total. The van der Waals surface area contributed by atoms with E-state index < -0.39 is 11.9 Å². The van der Waals surface area contributed by atoms with Crippen LogP contribution in [0.1, 0.15) is 27.6 Å². The Balaban J connectivity index is 0. The van der Waals surface area contributed by atoms with Gasteiger partial charge in [0, 0.05) is 5.69 Å². The van der Waals surface area contributed by atoms with Crippen LogP contribution in [0.4, 0.5) is 5.69 Å². The maximum Gasteiger partial charge on any atom is 1.00 e. The normalized spacial score (nSPS) is 8.50. The molecule has 0 aromatic heterocycles. The molecule has 0 unspecified atom stereocenters. The Morgan fingerprint density at radius 3 is 1.72 bits per heavy atom. The van der Waals surface area contributed by atoms with Gasteiger partial charge in [-0.3, -0.25) is 0 Å². The molecule has 1 aromatic carbocycles. The summed E-state index contributed by atoms with van der Waals surface area (Å²) < 4.78 is 0. The van der Waals surface area contributed by atoms with Crippen LogP contribution in [-0.4, -0.2) is 16.9 Å². The molecule has 0 atom stereocenters. The predicted molar refractivity (Wildman–Crippen MR) is 57.0 cm³/mol. The second kappa shape index (κ2) is 9.03. The van der Waals surface area contributed by atoms with Crippen molar-refractivity contribution in [3.63, 3.8) is 0 Å². The first-order chi connectivity index (χ1) is 7.40. The predicted octanol–water partition coefficient (Wildman–Crippen LogP) is -6.82. The number of benzene rings is 1. The Kier molecular flexibility index (Phi) is 10.2. The van der Waals surface area contributed by atoms with E-state index in [0.29, 0.717) is 4.99 Å². The van der Waals surface area contributed by atoms with Crippen LogP contribution in [0.25, 0.3) is 0 Å². The number of nitrogens with one attached hydrogen (secondary N) is 1. The standard InChI is InChI=1S/C10H9NO4S.2Na/c1-5(16)11-8-3-6(9(12)13)2-7(4-8)10(14)15;;/h2-4H,1H3,(H,11,16)(H,12,13)(H,14,15);;/q;2*+1/p-2. The fourth-order valence-electron chi connectivity index (χ4n) is 1.14. The average molecular weight is 283 g/mol. The molecule has 5 nitrogen and oxygen atoms in total. The van der Waals surface area contributed by atoms with Crippen molar-refractivity contribution in [2.75, 3.05) is 5.32 Å². The number of carbonyl (C=O) groups is 2. The second-order valence-electron chi connectivity index (χ2n) is 3.06. The van der Waals surface area contributed by atoms with Gasteiger partial charge in [0.2, 0.25) is 0 Å². The molecule has 1 rings (SSSR count). The number of aromatic carboxylic acids is 2. The Morgan fingerprint density at radius 1 is 1.06 bits per heavy atom. The number of carbonyl (C=O) groups excluding carboxylic acids is 2. The molecule has 0 aliphatic heterocycles. The first-order valence-corrected chi connectivity index (χ1v) is 4.66. The monoisotopic (exact) mass is 283 g/mol. The number of anilines is 1. The van der Waals surface area contributed by atoms with Gasteiger partial charge in [0.1, 0.15) is 0 Å². The summed E-state index contributed by atoms with van der Waals surface area (Å²) in [7, 11) is 0. The minimum atomic E-state index is -1.46. The molecule has 0 aliphatic carbocycles. The second-order valence-corrected chi connectivity index (χ2v) is 3.67. The van der Waals surface area contributed by atoms with Crippen LogP contribution in [0.3, 0.4) is 0 Å². The van der Waals surface area contributed by atoms with Gasteiger partial charge in [-0.25, -0.2) is 0 Å². The largest absolute Gasteiger partial charge is 1.00 e. The zero-order chi connectivity index (χ0) is 12.3. The summed E-state index contributed by atoms with van der Waals surface area (Å²) in [6, 6.07) is 3.43. The average Bonchev–Trinajstić information content (AvgIpc) is 2.15. The van der Waals surface area contributed by atoms with Crippen LogP contribution in [-0.2, 0) is 0 Å². The van der Waals surface area contributed by atoms with E-state index in [1.807, 2.05) is 0 Å². The van der Waals surface area contributed by atoms with Crippen molar-refractivity contribution >= 4 is 34.8 Å². The molecule has 0 bridgehead atoms. The molecule has 0 amide bonds. The maximum atomic E-state index is 10.6. The first-order valence-electron chi connectivity index (χ1n) is 4.25. The molecule has 0 saturated carbocycles. The third kappa shape index (κ3) is 6.29. The summed E-state index contributed by atoms with van der Waals surface area (Å²) in [4.78, 5) is 21.6. The van der Waals surface area contributed by atoms with Crippen molar-refractivity contribution in [2.45, 2.75) is 6.92 Å². The molecular formula is C10H7NNa2O4S. The van der Waals surface area contributed by atoms with Crippen LogP contribution >= 0.6 is 12.2 Å². The number of thiocarbonyl (C=S) groups is 1. The minimum Gasteiger partial charge on any atom is -0.545 e. The zero-order valence-electron chi connectivity index (χ0n) is 10.3. The van der Waals surface area contributed by atoms with Crippen molar-refractivity contribution in [3.8, 4) is 0 Å². The van der Waals surface area contributed by atoms with Gasteiger partial charge in [0.05, 0.1) is 16.9 Å². The van der Waals surface area contributed by atoms with Crippen LogP contribution in [0.5, 0.6) is 0 Å². The Hall–Kier alpha value is 0.0500. The van der Waals surface area contributed by atoms with E-state index in [2.05, 4.69) is 5.32 Å². The summed E-state index contributed by atoms with van der Waals surface area (Å²) in [6.45, 7) is 1.58. The van der Waals surface area contributed by atoms with Gasteiger partial charge in [-0.05, 0) is 36.2 Å². The van der Waals surface area contributed by atoms with Crippen molar-refractivity contribution < 1.29 is 78.9 Å². The van der Waals surface area contributed by atoms with Crippen LogP contribution < -0.4 is 74.6 Å². The third-order valence-electron chi connectivity index (χ3n) is 1.72. The van der Waals surface area contributed by atoms with Gasteiger partial charge >= 0.3 is 59.1 Å². The molecule has 0 saturated heterocycles. The third-order valence-corrected chi connectivity index (χ3v) is 1.83. The van der Waals surface area contributed by atoms with Crippen LogP contribution in [0, 0.1) is 0 Å². The molecule has 0 radical (unpaired) electrons. The number of rotatable bonds is 3. The summed E-state index contributed by atoms with van der Waals surface area (Å²) >= 11 is 4.76. The van der Waals surface area contributed by atoms with E-state index in [-0.39, 0.29) is 75.9 Å². The van der Waals surface area contributed by atoms with E-state index in [0.717, 1.165) is 6.07 Å². The topological polar surface area (TPSA) is 92.3 Å². The number of hydrogen-bond donors (Lipinski definition) is 1. The first kappa shape index (κ1) is 20.4. The zero-order valence-corrected chi connectivity index (χ0v) is 15.1. The van der Waals surface area contributed by atoms with Crippen LogP contribution in [0.15, 0.2) is 18.2 Å². The number of carboxylic acids is 2. The summed E-state index contributed by atoms with van der Waals surface area (Å²) in [5.74, 6) is -2.93. The molecule has 18 heavy (non-hydrogen) atoms. The Morgan fingerprint density at radius 2 is 1.44 bits per heavy atom. The molecular weight excluding hydrogens is 276 g/mol. The minimum absolute atomic E-state index is 0. The quantitative estimate of drug-likeness (QED) is 0.438. The summed E-state index contributed by atoms with van der Waals surface area (Å²) in [6.07, 6.45) is 0. The van der Waals surface area contributed by atoms with Gasteiger partial charge in [-0.15, -0.1) is 0 Å². The summed E-state index contributed by atoms with van der Waals surface area (Å²) in [5.41, 5.74) is -0.227. The van der Waals surface area contributed by atoms with Gasteiger partial charge in [0.15, 0.2) is 0 Å². The molecule has 0 spiro atoms. The molecule has 0 heterocycles. The molecule has 0 fully saturated rings. The maximum absolute atomic E-state index is 10.6. The fraction of sp³-hybridized carbons (Fsp3) is 0.100. The van der Waals surface area contributed by atoms with E-state index >= 15 is 0 Å². The molecule has 8 heteroatoms. The SMILES string of the molecule is CC(=S)Nc1cc(C(=O)[O-])cc(C(=O)[O-])c1.[Na+].[Na+]. The molecule has 84 valence electrons. The van der Waals surface area contributed by atoms with E-state index in [1.165, 1.54) is 12.1 Å². The van der Waals surface area contributed by atoms with Crippen molar-refractivity contribution in [1.29, 1.82) is 0 Å². The van der Waals surface area contributed by atoms with Gasteiger partial charge in [-0.2, -0.15) is 0 Å². The van der Waals surface area contributed by atoms with Crippen molar-refractivity contribution in [1.82, 2.24) is 0 Å². The van der Waals surface area contributed by atoms with E-state index in [9.17, 15) is 19.8 Å². The van der Waals surface area contributed by atoms with Gasteiger partial charge in [-0.1, -0.05) is 12.2 Å². The van der Waals surface area contributed by atoms with Crippen LogP contribution in [0.2, 0.25) is 0 Å². The van der Waals surface area contributed by atoms with Crippen molar-refractivity contribution in [2.24, 2.45) is 0 Å². The van der Waals surface area contributed by atoms with Gasteiger partial charge in [0.25, 0.3) is 0 Å². The smallest absolute Gasteiger partial charge is 0.545 e. The number of hydrogen-bond acceptors (Lipinski definition) is 5.